The lowest BCUT2D eigenvalue weighted by Gasteiger charge is -2.09. The minimum Gasteiger partial charge on any atom is -0.478 e. The number of nitrogens with zero attached hydrogens (tertiary/aromatic N) is 1. The molecule has 26 heavy (non-hydrogen) atoms. The molecular formula is C22H15NO3. The number of pyridine rings is 1. The molecule has 0 aliphatic rings. The molecule has 0 aliphatic carbocycles. The molecule has 0 saturated heterocycles. The van der Waals surface area contributed by atoms with E-state index < -0.39 is 5.97 Å². The summed E-state index contributed by atoms with van der Waals surface area (Å²) in [4.78, 5) is 15.8. The number of carbonyl (C=O) groups is 1. The SMILES string of the molecule is O=C(O)c1ccc(-c2cc(-c3ccccc3)nc(-c3ccco3)c2)cc1. The van der Waals surface area contributed by atoms with E-state index in [2.05, 4.69) is 0 Å². The largest absolute Gasteiger partial charge is 0.478 e. The summed E-state index contributed by atoms with van der Waals surface area (Å²) in [7, 11) is 0. The quantitative estimate of drug-likeness (QED) is 0.542. The van der Waals surface area contributed by atoms with Crippen LogP contribution in [-0.2, 0) is 0 Å². The van der Waals surface area contributed by atoms with Crippen LogP contribution in [0.5, 0.6) is 0 Å². The molecule has 4 aromatic rings. The normalized spacial score (nSPS) is 10.6. The first kappa shape index (κ1) is 15.8. The third-order valence-electron chi connectivity index (χ3n) is 4.13. The lowest BCUT2D eigenvalue weighted by Crippen LogP contribution is -1.95. The molecule has 4 heteroatoms. The third-order valence-corrected chi connectivity index (χ3v) is 4.13. The van der Waals surface area contributed by atoms with Crippen molar-refractivity contribution in [3.05, 3.63) is 90.7 Å². The molecule has 0 radical (unpaired) electrons. The summed E-state index contributed by atoms with van der Waals surface area (Å²) < 4.78 is 5.51. The van der Waals surface area contributed by atoms with E-state index in [4.69, 9.17) is 14.5 Å². The smallest absolute Gasteiger partial charge is 0.335 e. The van der Waals surface area contributed by atoms with E-state index in [9.17, 15) is 4.79 Å². The molecule has 0 spiro atoms. The molecule has 2 heterocycles. The highest BCUT2D eigenvalue weighted by atomic mass is 16.4. The van der Waals surface area contributed by atoms with E-state index >= 15 is 0 Å². The van der Waals surface area contributed by atoms with E-state index in [0.717, 1.165) is 28.1 Å². The summed E-state index contributed by atoms with van der Waals surface area (Å²) in [6, 6.07) is 24.4. The Morgan fingerprint density at radius 2 is 1.50 bits per heavy atom. The number of aromatic nitrogens is 1. The fourth-order valence-corrected chi connectivity index (χ4v) is 2.81. The first-order valence-corrected chi connectivity index (χ1v) is 8.16. The van der Waals surface area contributed by atoms with Gasteiger partial charge in [-0.15, -0.1) is 0 Å². The van der Waals surface area contributed by atoms with Gasteiger partial charge in [0.05, 0.1) is 17.5 Å². The van der Waals surface area contributed by atoms with Crippen molar-refractivity contribution >= 4 is 5.97 Å². The van der Waals surface area contributed by atoms with Gasteiger partial charge in [-0.3, -0.25) is 0 Å². The Bertz CT molecular complexity index is 1040. The zero-order valence-corrected chi connectivity index (χ0v) is 13.8. The molecular weight excluding hydrogens is 326 g/mol. The number of benzene rings is 2. The lowest BCUT2D eigenvalue weighted by molar-refractivity contribution is 0.0697. The van der Waals surface area contributed by atoms with Crippen molar-refractivity contribution < 1.29 is 14.3 Å². The molecule has 0 aliphatic heterocycles. The maximum absolute atomic E-state index is 11.1. The lowest BCUT2D eigenvalue weighted by atomic mass is 10.0. The third kappa shape index (κ3) is 3.13. The van der Waals surface area contributed by atoms with Crippen LogP contribution in [0.4, 0.5) is 0 Å². The average molecular weight is 341 g/mol. The molecule has 0 bridgehead atoms. The number of hydrogen-bond acceptors (Lipinski definition) is 3. The summed E-state index contributed by atoms with van der Waals surface area (Å²) in [6.07, 6.45) is 1.62. The van der Waals surface area contributed by atoms with Gasteiger partial charge in [-0.25, -0.2) is 9.78 Å². The summed E-state index contributed by atoms with van der Waals surface area (Å²) in [6.45, 7) is 0. The molecule has 4 nitrogen and oxygen atoms in total. The highest BCUT2D eigenvalue weighted by Gasteiger charge is 2.11. The van der Waals surface area contributed by atoms with E-state index in [0.29, 0.717) is 5.76 Å². The topological polar surface area (TPSA) is 63.3 Å². The standard InChI is InChI=1S/C22H15NO3/c24-22(25)17-10-8-15(9-11-17)18-13-19(16-5-2-1-3-6-16)23-20(14-18)21-7-4-12-26-21/h1-14H,(H,24,25). The minimum atomic E-state index is -0.937. The molecule has 0 atom stereocenters. The van der Waals surface area contributed by atoms with E-state index in [1.54, 1.807) is 30.5 Å². The van der Waals surface area contributed by atoms with Gasteiger partial charge in [0.25, 0.3) is 0 Å². The van der Waals surface area contributed by atoms with Crippen LogP contribution in [-0.4, -0.2) is 16.1 Å². The molecule has 0 unspecified atom stereocenters. The summed E-state index contributed by atoms with van der Waals surface area (Å²) in [5.41, 5.74) is 4.69. The predicted molar refractivity (Wildman–Crippen MR) is 99.8 cm³/mol. The van der Waals surface area contributed by atoms with Gasteiger partial charge in [-0.05, 0) is 47.5 Å². The van der Waals surface area contributed by atoms with Crippen LogP contribution in [0, 0.1) is 0 Å². The Kier molecular flexibility index (Phi) is 4.07. The van der Waals surface area contributed by atoms with Gasteiger partial charge in [0.15, 0.2) is 5.76 Å². The maximum Gasteiger partial charge on any atom is 0.335 e. The van der Waals surface area contributed by atoms with Gasteiger partial charge >= 0.3 is 5.97 Å². The second-order valence-corrected chi connectivity index (χ2v) is 5.85. The number of hydrogen-bond donors (Lipinski definition) is 1. The van der Waals surface area contributed by atoms with Crippen LogP contribution in [0.1, 0.15) is 10.4 Å². The first-order valence-electron chi connectivity index (χ1n) is 8.16. The van der Waals surface area contributed by atoms with Gasteiger partial charge in [-0.2, -0.15) is 0 Å². The van der Waals surface area contributed by atoms with Gasteiger partial charge in [0.1, 0.15) is 5.69 Å². The van der Waals surface area contributed by atoms with Crippen molar-refractivity contribution in [2.75, 3.05) is 0 Å². The summed E-state index contributed by atoms with van der Waals surface area (Å²) >= 11 is 0. The molecule has 2 aromatic heterocycles. The van der Waals surface area contributed by atoms with Crippen molar-refractivity contribution in [1.29, 1.82) is 0 Å². The van der Waals surface area contributed by atoms with Crippen LogP contribution in [0.2, 0.25) is 0 Å². The molecule has 4 rings (SSSR count). The number of aromatic carboxylic acids is 1. The maximum atomic E-state index is 11.1. The number of carboxylic acids is 1. The number of carboxylic acid groups (broad SMARTS) is 1. The molecule has 126 valence electrons. The van der Waals surface area contributed by atoms with Crippen molar-refractivity contribution in [2.24, 2.45) is 0 Å². The van der Waals surface area contributed by atoms with Crippen LogP contribution in [0.15, 0.2) is 89.5 Å². The van der Waals surface area contributed by atoms with Crippen LogP contribution in [0.25, 0.3) is 33.8 Å². The summed E-state index contributed by atoms with van der Waals surface area (Å²) in [5.74, 6) is -0.251. The highest BCUT2D eigenvalue weighted by molar-refractivity contribution is 5.88. The molecule has 0 fully saturated rings. The first-order chi connectivity index (χ1) is 12.7. The van der Waals surface area contributed by atoms with Gasteiger partial charge in [0, 0.05) is 5.56 Å². The Hall–Kier alpha value is -3.66. The Morgan fingerprint density at radius 3 is 2.15 bits per heavy atom. The van der Waals surface area contributed by atoms with Gasteiger partial charge < -0.3 is 9.52 Å². The number of rotatable bonds is 4. The van der Waals surface area contributed by atoms with Crippen LogP contribution < -0.4 is 0 Å². The van der Waals surface area contributed by atoms with Gasteiger partial charge in [-0.1, -0.05) is 42.5 Å². The van der Waals surface area contributed by atoms with Crippen molar-refractivity contribution in [3.8, 4) is 33.8 Å². The van der Waals surface area contributed by atoms with Crippen LogP contribution >= 0.6 is 0 Å². The molecule has 0 saturated carbocycles. The van der Waals surface area contributed by atoms with Crippen LogP contribution in [0.3, 0.4) is 0 Å². The second kappa shape index (κ2) is 6.69. The van der Waals surface area contributed by atoms with Crippen molar-refractivity contribution in [1.82, 2.24) is 4.98 Å². The fourth-order valence-electron chi connectivity index (χ4n) is 2.81. The predicted octanol–water partition coefficient (Wildman–Crippen LogP) is 5.37. The second-order valence-electron chi connectivity index (χ2n) is 5.85. The van der Waals surface area contributed by atoms with E-state index in [1.165, 1.54) is 0 Å². The number of furan rings is 1. The minimum absolute atomic E-state index is 0.261. The Labute approximate surface area is 150 Å². The van der Waals surface area contributed by atoms with Crippen molar-refractivity contribution in [3.63, 3.8) is 0 Å². The molecule has 1 N–H and O–H groups in total. The molecule has 0 amide bonds. The monoisotopic (exact) mass is 341 g/mol. The van der Waals surface area contributed by atoms with Gasteiger partial charge in [0.2, 0.25) is 0 Å². The summed E-state index contributed by atoms with van der Waals surface area (Å²) in [5, 5.41) is 9.09. The fraction of sp³-hybridized carbons (Fsp3) is 0. The highest BCUT2D eigenvalue weighted by Crippen LogP contribution is 2.30. The zero-order chi connectivity index (χ0) is 17.9. The zero-order valence-electron chi connectivity index (χ0n) is 13.8. The Balaban J connectivity index is 1.86. The van der Waals surface area contributed by atoms with E-state index in [1.807, 2.05) is 54.6 Å². The average Bonchev–Trinajstić information content (AvgIpc) is 3.23. The molecule has 2 aromatic carbocycles. The Morgan fingerprint density at radius 1 is 0.769 bits per heavy atom. The van der Waals surface area contributed by atoms with Crippen molar-refractivity contribution in [2.45, 2.75) is 0 Å². The van der Waals surface area contributed by atoms with E-state index in [-0.39, 0.29) is 5.56 Å².